The number of hydrogen-bond acceptors (Lipinski definition) is 5. The molecule has 0 radical (unpaired) electrons. The Hall–Kier alpha value is -5.10. The predicted molar refractivity (Wildman–Crippen MR) is 159 cm³/mol. The number of hydrogen-bond donors (Lipinski definition) is 3. The van der Waals surface area contributed by atoms with Crippen molar-refractivity contribution in [3.8, 4) is 22.3 Å². The van der Waals surface area contributed by atoms with Crippen LogP contribution in [0, 0.1) is 0 Å². The maximum absolute atomic E-state index is 13.0. The van der Waals surface area contributed by atoms with Crippen LogP contribution in [0.4, 0.5) is 11.4 Å². The van der Waals surface area contributed by atoms with Crippen LogP contribution < -0.4 is 10.6 Å². The number of anilines is 2. The molecule has 4 aromatic rings. The summed E-state index contributed by atoms with van der Waals surface area (Å²) in [6, 6.07) is 35.7. The maximum atomic E-state index is 13.0. The van der Waals surface area contributed by atoms with Crippen molar-refractivity contribution in [2.45, 2.75) is 19.8 Å². The molecule has 0 unspecified atom stereocenters. The second kappa shape index (κ2) is 12.2. The maximum Gasteiger partial charge on any atom is 0.336 e. The molecular formula is C34H30N2O4. The van der Waals surface area contributed by atoms with Gasteiger partial charge in [-0.15, -0.1) is 0 Å². The van der Waals surface area contributed by atoms with E-state index in [1.54, 1.807) is 6.92 Å². The summed E-state index contributed by atoms with van der Waals surface area (Å²) in [5, 5.41) is 16.6. The quantitative estimate of drug-likeness (QED) is 0.194. The summed E-state index contributed by atoms with van der Waals surface area (Å²) >= 11 is 0. The third kappa shape index (κ3) is 6.13. The van der Waals surface area contributed by atoms with Crippen LogP contribution in [0.1, 0.15) is 19.8 Å². The van der Waals surface area contributed by atoms with Gasteiger partial charge in [0.1, 0.15) is 0 Å². The summed E-state index contributed by atoms with van der Waals surface area (Å²) in [6.07, 6.45) is 0.152. The minimum absolute atomic E-state index is 0.0500. The van der Waals surface area contributed by atoms with Crippen molar-refractivity contribution in [3.63, 3.8) is 0 Å². The van der Waals surface area contributed by atoms with Crippen molar-refractivity contribution in [1.29, 1.82) is 0 Å². The van der Waals surface area contributed by atoms with E-state index in [9.17, 15) is 14.7 Å². The van der Waals surface area contributed by atoms with Gasteiger partial charge in [-0.1, -0.05) is 84.9 Å². The minimum Gasteiger partial charge on any atom is -0.478 e. The Labute approximate surface area is 233 Å². The smallest absolute Gasteiger partial charge is 0.336 e. The lowest BCUT2D eigenvalue weighted by atomic mass is 9.92. The van der Waals surface area contributed by atoms with Gasteiger partial charge in [0.2, 0.25) is 0 Å². The lowest BCUT2D eigenvalue weighted by Crippen LogP contribution is -2.24. The van der Waals surface area contributed by atoms with Crippen molar-refractivity contribution >= 4 is 23.3 Å². The van der Waals surface area contributed by atoms with E-state index < -0.39 is 11.9 Å². The molecule has 4 aromatic carbocycles. The average Bonchev–Trinajstić information content (AvgIpc) is 2.99. The molecule has 0 spiro atoms. The molecular weight excluding hydrogens is 500 g/mol. The van der Waals surface area contributed by atoms with Gasteiger partial charge in [-0.05, 0) is 53.4 Å². The van der Waals surface area contributed by atoms with Crippen molar-refractivity contribution in [1.82, 2.24) is 0 Å². The SMILES string of the molecule is CCOC(=O)C1=C(Nc2ccc(-c3ccccc3)cc2)CC(C(=O)O)=C(Nc2ccc(-c3ccccc3)cc2)C1. The number of rotatable bonds is 9. The highest BCUT2D eigenvalue weighted by Crippen LogP contribution is 2.34. The van der Waals surface area contributed by atoms with Crippen LogP contribution in [-0.4, -0.2) is 23.7 Å². The van der Waals surface area contributed by atoms with E-state index in [1.165, 1.54) is 0 Å². The van der Waals surface area contributed by atoms with Gasteiger partial charge in [0.25, 0.3) is 0 Å². The molecule has 0 fully saturated rings. The van der Waals surface area contributed by atoms with Crippen LogP contribution in [-0.2, 0) is 14.3 Å². The number of carbonyl (C=O) groups is 2. The van der Waals surface area contributed by atoms with Gasteiger partial charge in [0.15, 0.2) is 0 Å². The van der Waals surface area contributed by atoms with E-state index in [0.717, 1.165) is 33.6 Å². The second-order valence-electron chi connectivity index (χ2n) is 9.43. The largest absolute Gasteiger partial charge is 0.478 e. The molecule has 0 amide bonds. The monoisotopic (exact) mass is 530 g/mol. The molecule has 1 aliphatic carbocycles. The van der Waals surface area contributed by atoms with Gasteiger partial charge in [0, 0.05) is 35.6 Å². The highest BCUT2D eigenvalue weighted by atomic mass is 16.5. The van der Waals surface area contributed by atoms with Crippen LogP contribution in [0.2, 0.25) is 0 Å². The molecule has 40 heavy (non-hydrogen) atoms. The molecule has 0 atom stereocenters. The fourth-order valence-corrected chi connectivity index (χ4v) is 4.74. The van der Waals surface area contributed by atoms with Crippen LogP contribution >= 0.6 is 0 Å². The minimum atomic E-state index is -1.04. The first-order chi connectivity index (χ1) is 19.5. The summed E-state index contributed by atoms with van der Waals surface area (Å²) in [5.41, 5.74) is 7.40. The van der Waals surface area contributed by atoms with E-state index in [1.807, 2.05) is 109 Å². The number of esters is 1. The van der Waals surface area contributed by atoms with Crippen molar-refractivity contribution in [2.75, 3.05) is 17.2 Å². The Morgan fingerprint density at radius 1 is 0.625 bits per heavy atom. The van der Waals surface area contributed by atoms with Gasteiger partial charge in [-0.3, -0.25) is 0 Å². The number of aliphatic carboxylic acids is 1. The Kier molecular flexibility index (Phi) is 8.07. The molecule has 0 heterocycles. The zero-order valence-electron chi connectivity index (χ0n) is 22.2. The number of ether oxygens (including phenoxy) is 1. The fourth-order valence-electron chi connectivity index (χ4n) is 4.74. The fraction of sp³-hybridized carbons (Fsp3) is 0.118. The Bertz CT molecular complexity index is 1560. The lowest BCUT2D eigenvalue weighted by Gasteiger charge is -2.25. The highest BCUT2D eigenvalue weighted by Gasteiger charge is 2.29. The molecule has 0 saturated heterocycles. The molecule has 0 aliphatic heterocycles. The average molecular weight is 531 g/mol. The lowest BCUT2D eigenvalue weighted by molar-refractivity contribution is -0.139. The molecule has 0 saturated carbocycles. The molecule has 0 bridgehead atoms. The number of nitrogens with one attached hydrogen (secondary N) is 2. The van der Waals surface area contributed by atoms with Gasteiger partial charge < -0.3 is 20.5 Å². The third-order valence-corrected chi connectivity index (χ3v) is 6.79. The number of carboxylic acid groups (broad SMARTS) is 1. The topological polar surface area (TPSA) is 87.7 Å². The van der Waals surface area contributed by atoms with Gasteiger partial charge in [-0.2, -0.15) is 0 Å². The number of carboxylic acids is 1. The predicted octanol–water partition coefficient (Wildman–Crippen LogP) is 7.49. The number of allylic oxidation sites excluding steroid dienone is 2. The van der Waals surface area contributed by atoms with Crippen molar-refractivity contribution in [3.05, 3.63) is 132 Å². The molecule has 1 aliphatic rings. The van der Waals surface area contributed by atoms with E-state index >= 15 is 0 Å². The first-order valence-electron chi connectivity index (χ1n) is 13.2. The van der Waals surface area contributed by atoms with E-state index in [4.69, 9.17) is 4.74 Å². The molecule has 6 nitrogen and oxygen atoms in total. The summed E-state index contributed by atoms with van der Waals surface area (Å²) < 4.78 is 5.35. The summed E-state index contributed by atoms with van der Waals surface area (Å²) in [6.45, 7) is 1.98. The van der Waals surface area contributed by atoms with Crippen LogP contribution in [0.3, 0.4) is 0 Å². The molecule has 200 valence electrons. The summed E-state index contributed by atoms with van der Waals surface area (Å²) in [7, 11) is 0. The summed E-state index contributed by atoms with van der Waals surface area (Å²) in [4.78, 5) is 25.3. The van der Waals surface area contributed by atoms with Crippen LogP contribution in [0.15, 0.2) is 132 Å². The number of benzene rings is 4. The van der Waals surface area contributed by atoms with Crippen molar-refractivity contribution in [2.24, 2.45) is 0 Å². The van der Waals surface area contributed by atoms with Gasteiger partial charge >= 0.3 is 11.9 Å². The molecule has 3 N–H and O–H groups in total. The van der Waals surface area contributed by atoms with E-state index in [-0.39, 0.29) is 25.0 Å². The Balaban J connectivity index is 1.39. The van der Waals surface area contributed by atoms with Crippen LogP contribution in [0.25, 0.3) is 22.3 Å². The highest BCUT2D eigenvalue weighted by molar-refractivity contribution is 5.96. The Morgan fingerprint density at radius 3 is 1.45 bits per heavy atom. The van der Waals surface area contributed by atoms with Gasteiger partial charge in [0.05, 0.1) is 17.8 Å². The molecule has 0 aromatic heterocycles. The standard InChI is InChI=1S/C34H30N2O4/c1-2-40-34(39)30-22-31(35-27-17-13-25(14-18-27)23-9-5-3-6-10-23)29(33(37)38)21-32(30)36-28-19-15-26(16-20-28)24-11-7-4-8-12-24/h3-20,35-36H,2,21-22H2,1H3,(H,37,38). The third-order valence-electron chi connectivity index (χ3n) is 6.79. The first-order valence-corrected chi connectivity index (χ1v) is 13.2. The summed E-state index contributed by atoms with van der Waals surface area (Å²) in [5.74, 6) is -1.50. The Morgan fingerprint density at radius 2 is 1.02 bits per heavy atom. The van der Waals surface area contributed by atoms with Gasteiger partial charge in [-0.25, -0.2) is 9.59 Å². The molecule has 5 rings (SSSR count). The van der Waals surface area contributed by atoms with E-state index in [2.05, 4.69) is 10.6 Å². The zero-order chi connectivity index (χ0) is 27.9. The zero-order valence-corrected chi connectivity index (χ0v) is 22.2. The molecule has 6 heteroatoms. The van der Waals surface area contributed by atoms with E-state index in [0.29, 0.717) is 17.0 Å². The first kappa shape index (κ1) is 26.5. The van der Waals surface area contributed by atoms with Crippen molar-refractivity contribution < 1.29 is 19.4 Å². The normalized spacial score (nSPS) is 13.1. The van der Waals surface area contributed by atoms with Crippen LogP contribution in [0.5, 0.6) is 0 Å². The number of carbonyl (C=O) groups excluding carboxylic acids is 1. The second-order valence-corrected chi connectivity index (χ2v) is 9.43.